The molecule has 1 atom stereocenters. The highest BCUT2D eigenvalue weighted by atomic mass is 19.1. The molecule has 0 unspecified atom stereocenters. The summed E-state index contributed by atoms with van der Waals surface area (Å²) in [4.78, 5) is 11.7. The molecule has 0 aliphatic rings. The fourth-order valence-electron chi connectivity index (χ4n) is 1.38. The van der Waals surface area contributed by atoms with Crippen LogP contribution in [0.4, 0.5) is 4.39 Å². The highest BCUT2D eigenvalue weighted by Gasteiger charge is 2.18. The van der Waals surface area contributed by atoms with Gasteiger partial charge >= 0.3 is 0 Å². The number of halogens is 1. The molecule has 0 spiro atoms. The third kappa shape index (κ3) is 4.06. The van der Waals surface area contributed by atoms with Crippen molar-refractivity contribution in [3.05, 3.63) is 30.1 Å². The normalized spacial score (nSPS) is 11.9. The summed E-state index contributed by atoms with van der Waals surface area (Å²) in [5, 5.41) is 2.74. The second kappa shape index (κ2) is 6.89. The maximum Gasteiger partial charge on any atom is 0.261 e. The predicted octanol–water partition coefficient (Wildman–Crippen LogP) is 2.51. The van der Waals surface area contributed by atoms with Crippen LogP contribution in [0.2, 0.25) is 0 Å². The summed E-state index contributed by atoms with van der Waals surface area (Å²) < 4.78 is 18.7. The molecule has 0 saturated carbocycles. The zero-order chi connectivity index (χ0) is 12.7. The van der Waals surface area contributed by atoms with Gasteiger partial charge in [-0.05, 0) is 25.0 Å². The molecular formula is C13H18FNO2. The molecule has 17 heavy (non-hydrogen) atoms. The molecule has 0 fully saturated rings. The Morgan fingerprint density at radius 3 is 2.71 bits per heavy atom. The van der Waals surface area contributed by atoms with E-state index in [9.17, 15) is 9.18 Å². The summed E-state index contributed by atoms with van der Waals surface area (Å²) in [7, 11) is 0. The first kappa shape index (κ1) is 13.5. The quantitative estimate of drug-likeness (QED) is 0.828. The Morgan fingerprint density at radius 1 is 1.41 bits per heavy atom. The minimum Gasteiger partial charge on any atom is -0.478 e. The highest BCUT2D eigenvalue weighted by molar-refractivity contribution is 5.81. The first-order valence-corrected chi connectivity index (χ1v) is 5.87. The molecule has 0 radical (unpaired) electrons. The monoisotopic (exact) mass is 239 g/mol. The molecule has 0 aromatic heterocycles. The van der Waals surface area contributed by atoms with Crippen molar-refractivity contribution in [2.45, 2.75) is 32.8 Å². The number of hydrogen-bond donors (Lipinski definition) is 1. The summed E-state index contributed by atoms with van der Waals surface area (Å²) in [5.41, 5.74) is 0. The van der Waals surface area contributed by atoms with Gasteiger partial charge in [-0.2, -0.15) is 0 Å². The maximum atomic E-state index is 13.3. The van der Waals surface area contributed by atoms with Gasteiger partial charge in [0.05, 0.1) is 0 Å². The number of amides is 1. The van der Waals surface area contributed by atoms with Crippen LogP contribution in [-0.2, 0) is 4.79 Å². The van der Waals surface area contributed by atoms with Crippen LogP contribution >= 0.6 is 0 Å². The Hall–Kier alpha value is -1.58. The topological polar surface area (TPSA) is 38.3 Å². The summed E-state index contributed by atoms with van der Waals surface area (Å²) in [6, 6.07) is 6.09. The van der Waals surface area contributed by atoms with Crippen LogP contribution < -0.4 is 10.1 Å². The molecular weight excluding hydrogens is 221 g/mol. The number of carbonyl (C=O) groups excluding carboxylic acids is 1. The molecule has 0 heterocycles. The minimum absolute atomic E-state index is 0.117. The van der Waals surface area contributed by atoms with Gasteiger partial charge in [-0.1, -0.05) is 26.0 Å². The Balaban J connectivity index is 2.63. The van der Waals surface area contributed by atoms with E-state index in [1.54, 1.807) is 12.1 Å². The minimum atomic E-state index is -0.640. The smallest absolute Gasteiger partial charge is 0.261 e. The number of rotatable bonds is 6. The predicted molar refractivity (Wildman–Crippen MR) is 64.4 cm³/mol. The van der Waals surface area contributed by atoms with E-state index in [0.717, 1.165) is 6.42 Å². The van der Waals surface area contributed by atoms with Crippen LogP contribution in [0.25, 0.3) is 0 Å². The molecule has 3 nitrogen and oxygen atoms in total. The molecule has 0 saturated heterocycles. The number of benzene rings is 1. The number of hydrogen-bond acceptors (Lipinski definition) is 2. The Bertz CT molecular complexity index is 368. The van der Waals surface area contributed by atoms with E-state index in [2.05, 4.69) is 5.32 Å². The second-order valence-electron chi connectivity index (χ2n) is 3.74. The Kier molecular flexibility index (Phi) is 5.46. The molecule has 1 amide bonds. The van der Waals surface area contributed by atoms with Crippen molar-refractivity contribution < 1.29 is 13.9 Å². The van der Waals surface area contributed by atoms with Crippen molar-refractivity contribution in [1.29, 1.82) is 0 Å². The number of para-hydroxylation sites is 1. The van der Waals surface area contributed by atoms with Gasteiger partial charge in [0.1, 0.15) is 0 Å². The van der Waals surface area contributed by atoms with E-state index >= 15 is 0 Å². The zero-order valence-electron chi connectivity index (χ0n) is 10.2. The Labute approximate surface area is 101 Å². The van der Waals surface area contributed by atoms with Crippen LogP contribution in [0.3, 0.4) is 0 Å². The number of carbonyl (C=O) groups is 1. The second-order valence-corrected chi connectivity index (χ2v) is 3.74. The SMILES string of the molecule is CCCNC(=O)[C@@H](CC)Oc1ccccc1F. The molecule has 4 heteroatoms. The molecule has 1 N–H and O–H groups in total. The fourth-order valence-corrected chi connectivity index (χ4v) is 1.38. The van der Waals surface area contributed by atoms with Crippen LogP contribution in [0.1, 0.15) is 26.7 Å². The van der Waals surface area contributed by atoms with Crippen molar-refractivity contribution in [3.63, 3.8) is 0 Å². The standard InChI is InChI=1S/C13H18FNO2/c1-3-9-15-13(16)11(4-2)17-12-8-6-5-7-10(12)14/h5-8,11H,3-4,9H2,1-2H3,(H,15,16)/t11-/m1/s1. The summed E-state index contributed by atoms with van der Waals surface area (Å²) in [6.45, 7) is 4.41. The van der Waals surface area contributed by atoms with Gasteiger partial charge in [-0.25, -0.2) is 4.39 Å². The highest BCUT2D eigenvalue weighted by Crippen LogP contribution is 2.18. The van der Waals surface area contributed by atoms with Gasteiger partial charge in [-0.15, -0.1) is 0 Å². The number of nitrogens with one attached hydrogen (secondary N) is 1. The van der Waals surface area contributed by atoms with Gasteiger partial charge < -0.3 is 10.1 Å². The van der Waals surface area contributed by atoms with Crippen molar-refractivity contribution in [1.82, 2.24) is 5.32 Å². The van der Waals surface area contributed by atoms with Crippen LogP contribution in [-0.4, -0.2) is 18.6 Å². The molecule has 94 valence electrons. The van der Waals surface area contributed by atoms with Crippen molar-refractivity contribution >= 4 is 5.91 Å². The summed E-state index contributed by atoms with van der Waals surface area (Å²) >= 11 is 0. The lowest BCUT2D eigenvalue weighted by Gasteiger charge is -2.17. The van der Waals surface area contributed by atoms with Gasteiger partial charge in [0, 0.05) is 6.54 Å². The van der Waals surface area contributed by atoms with Crippen molar-refractivity contribution in [2.75, 3.05) is 6.54 Å². The lowest BCUT2D eigenvalue weighted by atomic mass is 10.2. The van der Waals surface area contributed by atoms with E-state index in [1.165, 1.54) is 12.1 Å². The molecule has 0 bridgehead atoms. The molecule has 1 rings (SSSR count). The summed E-state index contributed by atoms with van der Waals surface area (Å²) in [6.07, 6.45) is 0.726. The molecule has 0 aliphatic carbocycles. The molecule has 1 aromatic carbocycles. The van der Waals surface area contributed by atoms with E-state index in [4.69, 9.17) is 4.74 Å². The largest absolute Gasteiger partial charge is 0.478 e. The summed E-state index contributed by atoms with van der Waals surface area (Å²) in [5.74, 6) is -0.530. The zero-order valence-corrected chi connectivity index (χ0v) is 10.2. The average molecular weight is 239 g/mol. The van der Waals surface area contributed by atoms with Gasteiger partial charge in [0.2, 0.25) is 0 Å². The average Bonchev–Trinajstić information content (AvgIpc) is 2.35. The van der Waals surface area contributed by atoms with Crippen molar-refractivity contribution in [2.24, 2.45) is 0 Å². The van der Waals surface area contributed by atoms with E-state index in [-0.39, 0.29) is 11.7 Å². The first-order valence-electron chi connectivity index (χ1n) is 5.87. The third-order valence-electron chi connectivity index (χ3n) is 2.32. The lowest BCUT2D eigenvalue weighted by molar-refractivity contribution is -0.128. The third-order valence-corrected chi connectivity index (χ3v) is 2.32. The van der Waals surface area contributed by atoms with Gasteiger partial charge in [0.15, 0.2) is 17.7 Å². The fraction of sp³-hybridized carbons (Fsp3) is 0.462. The van der Waals surface area contributed by atoms with E-state index in [0.29, 0.717) is 13.0 Å². The maximum absolute atomic E-state index is 13.3. The van der Waals surface area contributed by atoms with Gasteiger partial charge in [0.25, 0.3) is 5.91 Å². The molecule has 1 aromatic rings. The Morgan fingerprint density at radius 2 is 2.12 bits per heavy atom. The van der Waals surface area contributed by atoms with E-state index < -0.39 is 11.9 Å². The number of ether oxygens (including phenoxy) is 1. The van der Waals surface area contributed by atoms with E-state index in [1.807, 2.05) is 13.8 Å². The molecule has 0 aliphatic heterocycles. The first-order chi connectivity index (χ1) is 8.19. The van der Waals surface area contributed by atoms with Crippen LogP contribution in [0, 0.1) is 5.82 Å². The van der Waals surface area contributed by atoms with Crippen LogP contribution in [0.5, 0.6) is 5.75 Å². The van der Waals surface area contributed by atoms with Gasteiger partial charge in [-0.3, -0.25) is 4.79 Å². The van der Waals surface area contributed by atoms with Crippen LogP contribution in [0.15, 0.2) is 24.3 Å². The van der Waals surface area contributed by atoms with Crippen molar-refractivity contribution in [3.8, 4) is 5.75 Å². The lowest BCUT2D eigenvalue weighted by Crippen LogP contribution is -2.38.